The molecule has 1 aliphatic heterocycles. The van der Waals surface area contributed by atoms with Gasteiger partial charge in [0, 0.05) is 17.9 Å². The molecule has 9 heteroatoms. The van der Waals surface area contributed by atoms with E-state index < -0.39 is 5.91 Å². The molecule has 0 bridgehead atoms. The summed E-state index contributed by atoms with van der Waals surface area (Å²) >= 11 is 1.16. The highest BCUT2D eigenvalue weighted by Gasteiger charge is 2.33. The van der Waals surface area contributed by atoms with Crippen molar-refractivity contribution in [3.63, 3.8) is 0 Å². The fourth-order valence-corrected chi connectivity index (χ4v) is 4.35. The zero-order valence-corrected chi connectivity index (χ0v) is 18.0. The average molecular weight is 440 g/mol. The van der Waals surface area contributed by atoms with Crippen LogP contribution in [0.1, 0.15) is 44.8 Å². The number of nitrogens with zero attached hydrogens (tertiary/aromatic N) is 3. The van der Waals surface area contributed by atoms with Gasteiger partial charge in [0.05, 0.1) is 6.04 Å². The molecule has 0 spiro atoms. The van der Waals surface area contributed by atoms with Crippen LogP contribution in [-0.4, -0.2) is 33.6 Å². The third-order valence-corrected chi connectivity index (χ3v) is 6.32. The zero-order valence-electron chi connectivity index (χ0n) is 17.2. The number of nitrogens with one attached hydrogen (secondary N) is 2. The molecule has 1 aliphatic rings. The van der Waals surface area contributed by atoms with E-state index in [2.05, 4.69) is 20.8 Å². The summed E-state index contributed by atoms with van der Waals surface area (Å²) in [5.74, 6) is -0.795. The Morgan fingerprint density at radius 3 is 2.52 bits per heavy atom. The zero-order chi connectivity index (χ0) is 22.0. The number of aromatic nitrogens is 2. The largest absolute Gasteiger partial charge is 0.322 e. The van der Waals surface area contributed by atoms with Gasteiger partial charge in [0.15, 0.2) is 0 Å². The van der Waals surface area contributed by atoms with Gasteiger partial charge in [-0.2, -0.15) is 0 Å². The third kappa shape index (κ3) is 4.72. The lowest BCUT2D eigenvalue weighted by Crippen LogP contribution is -2.34. The van der Waals surface area contributed by atoms with Crippen LogP contribution < -0.4 is 10.6 Å². The topological polar surface area (TPSA) is 87.2 Å². The van der Waals surface area contributed by atoms with Crippen molar-refractivity contribution in [2.75, 3.05) is 17.2 Å². The molecule has 0 saturated carbocycles. The van der Waals surface area contributed by atoms with E-state index in [9.17, 15) is 14.0 Å². The van der Waals surface area contributed by atoms with Crippen molar-refractivity contribution in [3.8, 4) is 0 Å². The fourth-order valence-electron chi connectivity index (χ4n) is 3.46. The number of carbonyl (C=O) groups excluding carboxylic acids is 2. The van der Waals surface area contributed by atoms with Crippen LogP contribution in [0, 0.1) is 19.7 Å². The lowest BCUT2D eigenvalue weighted by atomic mass is 10.1. The van der Waals surface area contributed by atoms with E-state index >= 15 is 0 Å². The summed E-state index contributed by atoms with van der Waals surface area (Å²) in [7, 11) is 0. The van der Waals surface area contributed by atoms with Crippen LogP contribution in [0.5, 0.6) is 0 Å². The molecule has 1 aromatic heterocycles. The second kappa shape index (κ2) is 8.81. The van der Waals surface area contributed by atoms with Crippen molar-refractivity contribution in [1.82, 2.24) is 15.1 Å². The minimum atomic E-state index is -0.417. The normalized spacial score (nSPS) is 15.7. The summed E-state index contributed by atoms with van der Waals surface area (Å²) < 4.78 is 13.0. The van der Waals surface area contributed by atoms with Gasteiger partial charge in [0.25, 0.3) is 5.91 Å². The van der Waals surface area contributed by atoms with Gasteiger partial charge < -0.3 is 15.5 Å². The Labute approximate surface area is 183 Å². The molecule has 2 N–H and O–H groups in total. The van der Waals surface area contributed by atoms with Crippen LogP contribution in [0.15, 0.2) is 42.5 Å². The first-order chi connectivity index (χ1) is 14.9. The maximum atomic E-state index is 13.0. The van der Waals surface area contributed by atoms with Crippen LogP contribution in [0.25, 0.3) is 0 Å². The molecule has 2 aromatic carbocycles. The second-order valence-electron chi connectivity index (χ2n) is 7.49. The van der Waals surface area contributed by atoms with Crippen LogP contribution >= 0.6 is 11.3 Å². The van der Waals surface area contributed by atoms with Crippen molar-refractivity contribution in [1.29, 1.82) is 0 Å². The van der Waals surface area contributed by atoms with Gasteiger partial charge in [-0.05, 0) is 74.2 Å². The van der Waals surface area contributed by atoms with E-state index in [4.69, 9.17) is 0 Å². The first-order valence-corrected chi connectivity index (χ1v) is 10.8. The summed E-state index contributed by atoms with van der Waals surface area (Å²) in [6.07, 6.45) is 1.61. The fraction of sp³-hybridized carbons (Fsp3) is 0.273. The average Bonchev–Trinajstić information content (AvgIpc) is 3.42. The molecule has 2 heterocycles. The van der Waals surface area contributed by atoms with Gasteiger partial charge in [0.2, 0.25) is 5.01 Å². The molecular formula is C22H22FN5O2S. The predicted octanol–water partition coefficient (Wildman–Crippen LogP) is 4.92. The van der Waals surface area contributed by atoms with E-state index in [1.807, 2.05) is 32.0 Å². The number of halogens is 1. The van der Waals surface area contributed by atoms with Crippen LogP contribution in [-0.2, 0) is 0 Å². The highest BCUT2D eigenvalue weighted by Crippen LogP contribution is 2.34. The van der Waals surface area contributed by atoms with Gasteiger partial charge in [0.1, 0.15) is 10.8 Å². The predicted molar refractivity (Wildman–Crippen MR) is 118 cm³/mol. The van der Waals surface area contributed by atoms with Crippen LogP contribution in [0.2, 0.25) is 0 Å². The highest BCUT2D eigenvalue weighted by molar-refractivity contribution is 7.13. The Kier molecular flexibility index (Phi) is 5.94. The Balaban J connectivity index is 1.44. The third-order valence-electron chi connectivity index (χ3n) is 5.29. The molecule has 3 aromatic rings. The highest BCUT2D eigenvalue weighted by atomic mass is 32.1. The molecule has 7 nitrogen and oxygen atoms in total. The minimum Gasteiger partial charge on any atom is -0.320 e. The SMILES string of the molecule is Cc1ccc(NC(=O)N2CCCC2c2nnc(C(=O)Nc3ccc(F)cc3)s2)cc1C. The molecule has 1 fully saturated rings. The van der Waals surface area contributed by atoms with Crippen LogP contribution in [0.4, 0.5) is 20.6 Å². The Morgan fingerprint density at radius 1 is 1.03 bits per heavy atom. The number of hydrogen-bond donors (Lipinski definition) is 2. The summed E-state index contributed by atoms with van der Waals surface area (Å²) in [4.78, 5) is 27.1. The summed E-state index contributed by atoms with van der Waals surface area (Å²) in [6, 6.07) is 10.9. The van der Waals surface area contributed by atoms with E-state index in [1.54, 1.807) is 4.90 Å². The van der Waals surface area contributed by atoms with Gasteiger partial charge in [-0.3, -0.25) is 4.79 Å². The minimum absolute atomic E-state index is 0.195. The van der Waals surface area contributed by atoms with Crippen molar-refractivity contribution in [2.45, 2.75) is 32.7 Å². The smallest absolute Gasteiger partial charge is 0.320 e. The first-order valence-electron chi connectivity index (χ1n) is 9.96. The number of carbonyl (C=O) groups is 2. The molecular weight excluding hydrogens is 417 g/mol. The van der Waals surface area contributed by atoms with E-state index in [1.165, 1.54) is 24.3 Å². The number of rotatable bonds is 4. The number of benzene rings is 2. The Bertz CT molecular complexity index is 1120. The molecule has 3 amide bonds. The van der Waals surface area contributed by atoms with Crippen molar-refractivity contribution in [2.24, 2.45) is 0 Å². The number of likely N-dealkylation sites (tertiary alicyclic amines) is 1. The Hall–Kier alpha value is -3.33. The number of urea groups is 1. The summed E-state index contributed by atoms with van der Waals surface area (Å²) in [5.41, 5.74) is 3.49. The second-order valence-corrected chi connectivity index (χ2v) is 8.50. The number of anilines is 2. The van der Waals surface area contributed by atoms with Gasteiger partial charge in [-0.25, -0.2) is 9.18 Å². The monoisotopic (exact) mass is 439 g/mol. The van der Waals surface area contributed by atoms with Crippen molar-refractivity contribution in [3.05, 3.63) is 69.4 Å². The number of aryl methyl sites for hydroxylation is 2. The van der Waals surface area contributed by atoms with Crippen molar-refractivity contribution < 1.29 is 14.0 Å². The molecule has 0 radical (unpaired) electrons. The van der Waals surface area contributed by atoms with Crippen molar-refractivity contribution >= 4 is 34.6 Å². The molecule has 4 rings (SSSR count). The summed E-state index contributed by atoms with van der Waals surface area (Å²) in [6.45, 7) is 4.64. The lowest BCUT2D eigenvalue weighted by Gasteiger charge is -2.23. The summed E-state index contributed by atoms with van der Waals surface area (Å²) in [5, 5.41) is 14.6. The van der Waals surface area contributed by atoms with Crippen LogP contribution in [0.3, 0.4) is 0 Å². The van der Waals surface area contributed by atoms with E-state index in [0.29, 0.717) is 17.2 Å². The quantitative estimate of drug-likeness (QED) is 0.604. The maximum Gasteiger partial charge on any atom is 0.322 e. The molecule has 1 atom stereocenters. The molecule has 31 heavy (non-hydrogen) atoms. The standard InChI is InChI=1S/C22H22FN5O2S/c1-13-5-8-17(12-14(13)2)25-22(30)28-11-3-4-18(28)20-26-27-21(31-20)19(29)24-16-9-6-15(23)7-10-16/h5-10,12,18H,3-4,11H2,1-2H3,(H,24,29)(H,25,30). The number of amides is 3. The van der Waals surface area contributed by atoms with Gasteiger partial charge >= 0.3 is 6.03 Å². The van der Waals surface area contributed by atoms with Gasteiger partial charge in [-0.1, -0.05) is 17.4 Å². The number of hydrogen-bond acceptors (Lipinski definition) is 5. The van der Waals surface area contributed by atoms with E-state index in [-0.39, 0.29) is 22.9 Å². The molecule has 1 unspecified atom stereocenters. The molecule has 0 aliphatic carbocycles. The maximum absolute atomic E-state index is 13.0. The molecule has 1 saturated heterocycles. The Morgan fingerprint density at radius 2 is 1.77 bits per heavy atom. The van der Waals surface area contributed by atoms with E-state index in [0.717, 1.165) is 41.0 Å². The first kappa shape index (κ1) is 20.9. The lowest BCUT2D eigenvalue weighted by molar-refractivity contribution is 0.102. The molecule has 160 valence electrons. The van der Waals surface area contributed by atoms with Gasteiger partial charge in [-0.15, -0.1) is 10.2 Å².